The number of anilines is 1. The van der Waals surface area contributed by atoms with Crippen LogP contribution in [0, 0.1) is 0 Å². The number of hydrogen-bond donors (Lipinski definition) is 1. The fourth-order valence-electron chi connectivity index (χ4n) is 1.79. The summed E-state index contributed by atoms with van der Waals surface area (Å²) in [4.78, 5) is 12.9. The minimum atomic E-state index is 0.336. The van der Waals surface area contributed by atoms with Crippen molar-refractivity contribution in [1.29, 1.82) is 0 Å². The van der Waals surface area contributed by atoms with Crippen LogP contribution < -0.4 is 5.73 Å². The molecule has 108 valence electrons. The Morgan fingerprint density at radius 1 is 1.24 bits per heavy atom. The maximum atomic E-state index is 5.79. The summed E-state index contributed by atoms with van der Waals surface area (Å²) in [5, 5.41) is 1.21. The van der Waals surface area contributed by atoms with Crippen LogP contribution in [0.3, 0.4) is 0 Å². The summed E-state index contributed by atoms with van der Waals surface area (Å²) < 4.78 is 11.0. The average molecular weight is 302 g/mol. The molecule has 0 saturated heterocycles. The highest BCUT2D eigenvalue weighted by molar-refractivity contribution is 7.99. The van der Waals surface area contributed by atoms with Gasteiger partial charge in [-0.05, 0) is 30.8 Å². The van der Waals surface area contributed by atoms with Gasteiger partial charge in [0.05, 0.1) is 0 Å². The number of ether oxygens (including phenoxy) is 1. The summed E-state index contributed by atoms with van der Waals surface area (Å²) in [5.74, 6) is 0.953. The first-order valence-corrected chi connectivity index (χ1v) is 7.31. The van der Waals surface area contributed by atoms with Crippen LogP contribution in [-0.2, 0) is 11.3 Å². The quantitative estimate of drug-likeness (QED) is 0.725. The Labute approximate surface area is 125 Å². The molecule has 0 atom stereocenters. The summed E-state index contributed by atoms with van der Waals surface area (Å²) in [7, 11) is 0. The van der Waals surface area contributed by atoms with Crippen LogP contribution in [0.1, 0.15) is 12.7 Å². The van der Waals surface area contributed by atoms with E-state index in [0.29, 0.717) is 35.1 Å². The first kappa shape index (κ1) is 13.8. The molecule has 7 heteroatoms. The van der Waals surface area contributed by atoms with E-state index < -0.39 is 0 Å². The van der Waals surface area contributed by atoms with Crippen molar-refractivity contribution < 1.29 is 9.15 Å². The maximum absolute atomic E-state index is 5.79. The Morgan fingerprint density at radius 2 is 2.10 bits per heavy atom. The second kappa shape index (κ2) is 6.11. The van der Waals surface area contributed by atoms with Gasteiger partial charge in [0.1, 0.15) is 23.0 Å². The largest absolute Gasteiger partial charge is 0.431 e. The van der Waals surface area contributed by atoms with E-state index in [1.165, 1.54) is 11.8 Å². The number of oxazole rings is 1. The molecular weight excluding hydrogens is 288 g/mol. The van der Waals surface area contributed by atoms with Crippen LogP contribution in [0.4, 0.5) is 5.82 Å². The van der Waals surface area contributed by atoms with E-state index in [1.54, 1.807) is 6.07 Å². The van der Waals surface area contributed by atoms with E-state index in [-0.39, 0.29) is 0 Å². The van der Waals surface area contributed by atoms with Gasteiger partial charge in [0.25, 0.3) is 5.22 Å². The molecule has 0 bridgehead atoms. The summed E-state index contributed by atoms with van der Waals surface area (Å²) in [6, 6.07) is 9.29. The lowest BCUT2D eigenvalue weighted by molar-refractivity contribution is 0.128. The predicted octanol–water partition coefficient (Wildman–Crippen LogP) is 2.89. The number of rotatable bonds is 5. The van der Waals surface area contributed by atoms with Crippen molar-refractivity contribution >= 4 is 28.7 Å². The summed E-state index contributed by atoms with van der Waals surface area (Å²) in [5.41, 5.74) is 7.35. The Kier molecular flexibility index (Phi) is 4.03. The second-order valence-electron chi connectivity index (χ2n) is 4.23. The highest BCUT2D eigenvalue weighted by atomic mass is 32.2. The highest BCUT2D eigenvalue weighted by Gasteiger charge is 2.10. The number of para-hydroxylation sites is 2. The van der Waals surface area contributed by atoms with Crippen molar-refractivity contribution in [1.82, 2.24) is 15.0 Å². The van der Waals surface area contributed by atoms with Crippen LogP contribution in [-0.4, -0.2) is 21.6 Å². The lowest BCUT2D eigenvalue weighted by Gasteiger charge is -2.03. The molecule has 0 unspecified atom stereocenters. The zero-order valence-electron chi connectivity index (χ0n) is 11.4. The number of hydrogen-bond acceptors (Lipinski definition) is 7. The molecule has 0 aliphatic carbocycles. The van der Waals surface area contributed by atoms with Crippen molar-refractivity contribution in [2.75, 3.05) is 12.3 Å². The zero-order chi connectivity index (χ0) is 14.7. The van der Waals surface area contributed by atoms with E-state index in [1.807, 2.05) is 31.2 Å². The molecule has 0 amide bonds. The van der Waals surface area contributed by atoms with E-state index in [2.05, 4.69) is 15.0 Å². The van der Waals surface area contributed by atoms with Gasteiger partial charge in [0.15, 0.2) is 11.4 Å². The van der Waals surface area contributed by atoms with Crippen LogP contribution in [0.25, 0.3) is 11.1 Å². The Balaban J connectivity index is 1.84. The number of nitrogens with zero attached hydrogens (tertiary/aromatic N) is 3. The van der Waals surface area contributed by atoms with Crippen molar-refractivity contribution in [3.63, 3.8) is 0 Å². The normalized spacial score (nSPS) is 11.1. The first-order chi connectivity index (χ1) is 10.2. The topological polar surface area (TPSA) is 87.1 Å². The SMILES string of the molecule is CCOCc1nc(N)cc(Sc2nc3ccccc3o2)n1. The fourth-order valence-corrected chi connectivity index (χ4v) is 2.57. The molecule has 3 aromatic rings. The molecule has 6 nitrogen and oxygen atoms in total. The van der Waals surface area contributed by atoms with E-state index >= 15 is 0 Å². The molecule has 3 rings (SSSR count). The number of aromatic nitrogens is 3. The summed E-state index contributed by atoms with van der Waals surface area (Å²) in [6.45, 7) is 2.86. The number of fused-ring (bicyclic) bond motifs is 1. The van der Waals surface area contributed by atoms with Gasteiger partial charge in [-0.3, -0.25) is 0 Å². The third-order valence-electron chi connectivity index (χ3n) is 2.67. The van der Waals surface area contributed by atoms with Gasteiger partial charge in [-0.2, -0.15) is 0 Å². The maximum Gasteiger partial charge on any atom is 0.263 e. The van der Waals surface area contributed by atoms with Crippen molar-refractivity contribution in [2.24, 2.45) is 0 Å². The van der Waals surface area contributed by atoms with E-state index in [4.69, 9.17) is 14.9 Å². The number of benzene rings is 1. The van der Waals surface area contributed by atoms with Crippen LogP contribution in [0.15, 0.2) is 45.0 Å². The average Bonchev–Trinajstić information content (AvgIpc) is 2.86. The molecule has 0 radical (unpaired) electrons. The lowest BCUT2D eigenvalue weighted by Crippen LogP contribution is -2.03. The van der Waals surface area contributed by atoms with Crippen LogP contribution >= 0.6 is 11.8 Å². The molecule has 21 heavy (non-hydrogen) atoms. The van der Waals surface area contributed by atoms with Gasteiger partial charge in [-0.1, -0.05) is 12.1 Å². The Hall–Kier alpha value is -2.12. The Bertz CT molecular complexity index is 727. The standard InChI is InChI=1S/C14H14N4O2S/c1-2-19-8-12-17-11(15)7-13(18-12)21-14-16-9-5-3-4-6-10(9)20-14/h3-7H,2,8H2,1H3,(H2,15,17,18). The summed E-state index contributed by atoms with van der Waals surface area (Å²) in [6.07, 6.45) is 0. The third kappa shape index (κ3) is 3.32. The fraction of sp³-hybridized carbons (Fsp3) is 0.214. The number of nitrogen functional groups attached to an aromatic ring is 1. The van der Waals surface area contributed by atoms with Crippen LogP contribution in [0.5, 0.6) is 0 Å². The molecule has 0 fully saturated rings. The van der Waals surface area contributed by atoms with Gasteiger partial charge < -0.3 is 14.9 Å². The lowest BCUT2D eigenvalue weighted by atomic mass is 10.3. The predicted molar refractivity (Wildman–Crippen MR) is 79.9 cm³/mol. The summed E-state index contributed by atoms with van der Waals surface area (Å²) >= 11 is 1.31. The minimum Gasteiger partial charge on any atom is -0.431 e. The molecular formula is C14H14N4O2S. The molecule has 0 saturated carbocycles. The van der Waals surface area contributed by atoms with Crippen molar-refractivity contribution in [3.8, 4) is 0 Å². The first-order valence-electron chi connectivity index (χ1n) is 6.49. The monoisotopic (exact) mass is 302 g/mol. The van der Waals surface area contributed by atoms with Crippen molar-refractivity contribution in [3.05, 3.63) is 36.2 Å². The molecule has 0 spiro atoms. The number of nitrogens with two attached hydrogens (primary N) is 1. The van der Waals surface area contributed by atoms with Crippen LogP contribution in [0.2, 0.25) is 0 Å². The molecule has 2 N–H and O–H groups in total. The van der Waals surface area contributed by atoms with Gasteiger partial charge in [0.2, 0.25) is 0 Å². The zero-order valence-corrected chi connectivity index (χ0v) is 12.3. The molecule has 0 aliphatic heterocycles. The van der Waals surface area contributed by atoms with Gasteiger partial charge in [-0.25, -0.2) is 15.0 Å². The highest BCUT2D eigenvalue weighted by Crippen LogP contribution is 2.29. The van der Waals surface area contributed by atoms with Crippen molar-refractivity contribution in [2.45, 2.75) is 23.8 Å². The molecule has 0 aliphatic rings. The molecule has 2 heterocycles. The third-order valence-corrected chi connectivity index (χ3v) is 3.44. The van der Waals surface area contributed by atoms with E-state index in [9.17, 15) is 0 Å². The van der Waals surface area contributed by atoms with Gasteiger partial charge in [0, 0.05) is 12.7 Å². The van der Waals surface area contributed by atoms with E-state index in [0.717, 1.165) is 11.1 Å². The second-order valence-corrected chi connectivity index (χ2v) is 5.21. The van der Waals surface area contributed by atoms with Gasteiger partial charge in [-0.15, -0.1) is 0 Å². The minimum absolute atomic E-state index is 0.336. The molecule has 1 aromatic carbocycles. The Morgan fingerprint density at radius 3 is 2.90 bits per heavy atom. The van der Waals surface area contributed by atoms with Gasteiger partial charge >= 0.3 is 0 Å². The smallest absolute Gasteiger partial charge is 0.263 e. The molecule has 2 aromatic heterocycles.